The first-order valence-corrected chi connectivity index (χ1v) is 8.32. The van der Waals surface area contributed by atoms with Crippen molar-refractivity contribution in [1.29, 1.82) is 0 Å². The Labute approximate surface area is 109 Å². The number of hydrogen-bond acceptors (Lipinski definition) is 2. The van der Waals surface area contributed by atoms with Crippen molar-refractivity contribution >= 4 is 0 Å². The molecule has 10 atom stereocenters. The van der Waals surface area contributed by atoms with Gasteiger partial charge in [-0.15, -0.1) is 0 Å². The zero-order chi connectivity index (χ0) is 11.4. The first kappa shape index (κ1) is 9.50. The van der Waals surface area contributed by atoms with Gasteiger partial charge in [0.25, 0.3) is 0 Å². The van der Waals surface area contributed by atoms with Gasteiger partial charge >= 0.3 is 0 Å². The van der Waals surface area contributed by atoms with Crippen LogP contribution in [0, 0.1) is 47.3 Å². The minimum atomic E-state index is 0.676. The summed E-state index contributed by atoms with van der Waals surface area (Å²) in [6.07, 6.45) is 9.18. The molecular weight excluding hydrogens is 220 g/mol. The molecule has 0 amide bonds. The van der Waals surface area contributed by atoms with Gasteiger partial charge in [0.05, 0.1) is 12.1 Å². The van der Waals surface area contributed by atoms with Crippen molar-refractivity contribution in [2.24, 2.45) is 57.6 Å². The van der Waals surface area contributed by atoms with Gasteiger partial charge in [-0.05, 0) is 85.9 Å². The minimum Gasteiger partial charge on any atom is -0.190 e. The van der Waals surface area contributed by atoms with Crippen LogP contribution in [-0.4, -0.2) is 12.1 Å². The zero-order valence-electron chi connectivity index (χ0n) is 10.9. The van der Waals surface area contributed by atoms with E-state index < -0.39 is 0 Å². The number of hydrogen-bond donors (Lipinski definition) is 0. The second kappa shape index (κ2) is 2.86. The van der Waals surface area contributed by atoms with Crippen LogP contribution < -0.4 is 0 Å². The van der Waals surface area contributed by atoms with Gasteiger partial charge in [-0.1, -0.05) is 0 Å². The lowest BCUT2D eigenvalue weighted by Gasteiger charge is -2.54. The first-order valence-electron chi connectivity index (χ1n) is 8.32. The van der Waals surface area contributed by atoms with Gasteiger partial charge < -0.3 is 0 Å². The zero-order valence-corrected chi connectivity index (χ0v) is 10.9. The summed E-state index contributed by atoms with van der Waals surface area (Å²) in [5.74, 6) is 8.11. The molecule has 0 saturated heterocycles. The predicted octanol–water partition coefficient (Wildman–Crippen LogP) is 3.53. The highest BCUT2D eigenvalue weighted by molar-refractivity contribution is 5.19. The molecule has 0 aromatic rings. The van der Waals surface area contributed by atoms with Crippen LogP contribution in [0.2, 0.25) is 0 Å². The second-order valence-corrected chi connectivity index (χ2v) is 8.19. The fourth-order valence-corrected chi connectivity index (χ4v) is 7.76. The summed E-state index contributed by atoms with van der Waals surface area (Å²) in [6.45, 7) is 0. The van der Waals surface area contributed by atoms with Crippen molar-refractivity contribution in [3.8, 4) is 0 Å². The molecule has 5 aliphatic carbocycles. The number of fused-ring (bicyclic) bond motifs is 4. The molecule has 5 saturated carbocycles. The normalized spacial score (nSPS) is 69.8. The van der Waals surface area contributed by atoms with Gasteiger partial charge in [-0.25, -0.2) is 0 Å². The van der Waals surface area contributed by atoms with Crippen LogP contribution in [0.15, 0.2) is 10.2 Å². The molecule has 2 aliphatic heterocycles. The van der Waals surface area contributed by atoms with Crippen LogP contribution in [0.1, 0.15) is 38.5 Å². The van der Waals surface area contributed by atoms with Gasteiger partial charge in [0.15, 0.2) is 0 Å². The van der Waals surface area contributed by atoms with E-state index in [1.54, 1.807) is 12.8 Å². The van der Waals surface area contributed by atoms with E-state index in [2.05, 4.69) is 0 Å². The van der Waals surface area contributed by atoms with Crippen molar-refractivity contribution < 1.29 is 0 Å². The molecule has 0 spiro atoms. The van der Waals surface area contributed by atoms with Crippen LogP contribution in [0.25, 0.3) is 0 Å². The monoisotopic (exact) mass is 242 g/mol. The highest BCUT2D eigenvalue weighted by Gasteiger charge is 2.67. The number of rotatable bonds is 0. The Kier molecular flexibility index (Phi) is 1.51. The molecule has 7 rings (SSSR count). The van der Waals surface area contributed by atoms with E-state index in [9.17, 15) is 0 Å². The van der Waals surface area contributed by atoms with Crippen molar-refractivity contribution in [2.75, 3.05) is 0 Å². The van der Waals surface area contributed by atoms with Crippen molar-refractivity contribution in [3.63, 3.8) is 0 Å². The summed E-state index contributed by atoms with van der Waals surface area (Å²) in [6, 6.07) is 1.35. The topological polar surface area (TPSA) is 24.7 Å². The maximum Gasteiger partial charge on any atom is 0.0776 e. The summed E-state index contributed by atoms with van der Waals surface area (Å²) in [7, 11) is 0. The van der Waals surface area contributed by atoms with Gasteiger partial charge in [0.1, 0.15) is 0 Å². The van der Waals surface area contributed by atoms with Gasteiger partial charge in [-0.3, -0.25) is 0 Å². The lowest BCUT2D eigenvalue weighted by molar-refractivity contribution is -0.0297. The maximum atomic E-state index is 4.85. The quantitative estimate of drug-likeness (QED) is 0.621. The Hall–Kier alpha value is -0.400. The van der Waals surface area contributed by atoms with Crippen LogP contribution in [-0.2, 0) is 0 Å². The van der Waals surface area contributed by atoms with E-state index >= 15 is 0 Å². The fraction of sp³-hybridized carbons (Fsp3) is 1.00. The summed E-state index contributed by atoms with van der Waals surface area (Å²) >= 11 is 0. The van der Waals surface area contributed by atoms with Crippen molar-refractivity contribution in [2.45, 2.75) is 50.6 Å². The molecule has 0 aromatic heterocycles. The van der Waals surface area contributed by atoms with E-state index in [1.165, 1.54) is 25.7 Å². The molecule has 0 radical (unpaired) electrons. The van der Waals surface area contributed by atoms with Crippen LogP contribution in [0.4, 0.5) is 0 Å². The summed E-state index contributed by atoms with van der Waals surface area (Å²) in [4.78, 5) is 0. The Balaban J connectivity index is 1.51. The van der Waals surface area contributed by atoms with E-state index in [1.807, 2.05) is 0 Å². The summed E-state index contributed by atoms with van der Waals surface area (Å²) in [5, 5.41) is 9.69. The van der Waals surface area contributed by atoms with E-state index in [4.69, 9.17) is 10.2 Å². The lowest BCUT2D eigenvalue weighted by atomic mass is 9.54. The lowest BCUT2D eigenvalue weighted by Crippen LogP contribution is -2.57. The van der Waals surface area contributed by atoms with Gasteiger partial charge in [0, 0.05) is 0 Å². The molecule has 0 N–H and O–H groups in total. The minimum absolute atomic E-state index is 0.676. The smallest absolute Gasteiger partial charge is 0.0776 e. The van der Waals surface area contributed by atoms with E-state index in [0.717, 1.165) is 47.3 Å². The molecule has 18 heavy (non-hydrogen) atoms. The molecule has 5 fully saturated rings. The Morgan fingerprint density at radius 3 is 1.17 bits per heavy atom. The maximum absolute atomic E-state index is 4.85. The van der Waals surface area contributed by atoms with Crippen molar-refractivity contribution in [3.05, 3.63) is 0 Å². The van der Waals surface area contributed by atoms with Crippen molar-refractivity contribution in [1.82, 2.24) is 0 Å². The van der Waals surface area contributed by atoms with Crippen LogP contribution in [0.3, 0.4) is 0 Å². The molecule has 2 heteroatoms. The van der Waals surface area contributed by atoms with E-state index in [-0.39, 0.29) is 0 Å². The first-order chi connectivity index (χ1) is 8.92. The highest BCUT2D eigenvalue weighted by Crippen LogP contribution is 2.69. The average molecular weight is 242 g/mol. The Morgan fingerprint density at radius 1 is 0.500 bits per heavy atom. The van der Waals surface area contributed by atoms with Crippen LogP contribution in [0.5, 0.6) is 0 Å². The van der Waals surface area contributed by atoms with E-state index in [0.29, 0.717) is 12.1 Å². The molecule has 96 valence electrons. The molecule has 2 unspecified atom stereocenters. The molecule has 7 aliphatic rings. The molecule has 2 heterocycles. The molecule has 0 aromatic carbocycles. The number of nitrogens with zero attached hydrogens (tertiary/aromatic N) is 2. The second-order valence-electron chi connectivity index (χ2n) is 8.19. The molecular formula is C16H22N2. The predicted molar refractivity (Wildman–Crippen MR) is 68.1 cm³/mol. The molecule has 2 nitrogen and oxygen atoms in total. The third-order valence-electron chi connectivity index (χ3n) is 8.00. The highest BCUT2D eigenvalue weighted by atomic mass is 15.2. The van der Waals surface area contributed by atoms with Gasteiger partial charge in [0.2, 0.25) is 0 Å². The molecule has 6 bridgehead atoms. The van der Waals surface area contributed by atoms with Gasteiger partial charge in [-0.2, -0.15) is 10.2 Å². The Bertz CT molecular complexity index is 372. The summed E-state index contributed by atoms with van der Waals surface area (Å²) in [5.41, 5.74) is 0. The SMILES string of the molecule is C1C[C@H]2C[C@H]1[C@H]1C3N=NC([C@H]21)[C@H]1[C@H]2CC[C@H](C2)[C@@H]31. The number of azo groups is 1. The Morgan fingerprint density at radius 2 is 0.833 bits per heavy atom. The third kappa shape index (κ3) is 0.849. The summed E-state index contributed by atoms with van der Waals surface area (Å²) < 4.78 is 0. The third-order valence-corrected chi connectivity index (χ3v) is 8.00. The standard InChI is InChI=1S/C16H22N2/c1-2-8-5-7(1)11-12(8)16-14-10-4-3-9(6-10)13(14)15(11)17-18-16/h7-16H,1-6H2/t7-,8-,9-,10+,11+,12+,13-,14+,15?,16?/m0/s1. The van der Waals surface area contributed by atoms with Crippen LogP contribution >= 0.6 is 0 Å². The average Bonchev–Trinajstić information content (AvgIpc) is 3.19. The largest absolute Gasteiger partial charge is 0.190 e. The fourth-order valence-electron chi connectivity index (χ4n) is 7.76.